The molecule has 0 N–H and O–H groups in total. The highest BCUT2D eigenvalue weighted by molar-refractivity contribution is 5.35. The van der Waals surface area contributed by atoms with E-state index in [-0.39, 0.29) is 0 Å². The van der Waals surface area contributed by atoms with Gasteiger partial charge in [-0.05, 0) is 66.9 Å². The fraction of sp³-hybridized carbons (Fsp3) is 0.280. The average molecular weight is 520 g/mol. The SMILES string of the molecule is CCCCc1ccc(C(F)(F)Oc2ccc(C(F)(F)Oc3ccc(OC(F)(F)F)c(F)c3)cc2)cc1. The Labute approximate surface area is 201 Å². The normalized spacial score (nSPS) is 12.4. The van der Waals surface area contributed by atoms with E-state index in [0.717, 1.165) is 49.1 Å². The van der Waals surface area contributed by atoms with Gasteiger partial charge in [-0.1, -0.05) is 25.5 Å². The van der Waals surface area contributed by atoms with Gasteiger partial charge in [-0.3, -0.25) is 0 Å². The average Bonchev–Trinajstić information content (AvgIpc) is 2.79. The van der Waals surface area contributed by atoms with Crippen LogP contribution in [0.2, 0.25) is 0 Å². The molecule has 0 bridgehead atoms. The second kappa shape index (κ2) is 10.6. The van der Waals surface area contributed by atoms with Crippen molar-refractivity contribution in [3.63, 3.8) is 0 Å². The number of hydrogen-bond acceptors (Lipinski definition) is 3. The summed E-state index contributed by atoms with van der Waals surface area (Å²) in [6.07, 6.45) is -10.4. The van der Waals surface area contributed by atoms with Crippen LogP contribution in [0.4, 0.5) is 35.1 Å². The molecule has 11 heteroatoms. The van der Waals surface area contributed by atoms with Gasteiger partial charge in [-0.25, -0.2) is 4.39 Å². The summed E-state index contributed by atoms with van der Waals surface area (Å²) in [4.78, 5) is 0. The van der Waals surface area contributed by atoms with E-state index in [4.69, 9.17) is 0 Å². The molecule has 3 aromatic carbocycles. The molecule has 0 saturated heterocycles. The molecule has 0 aromatic heterocycles. The van der Waals surface area contributed by atoms with E-state index in [0.29, 0.717) is 18.2 Å². The van der Waals surface area contributed by atoms with Crippen LogP contribution in [0.5, 0.6) is 17.2 Å². The molecule has 3 aromatic rings. The Hall–Kier alpha value is -3.50. The maximum atomic E-state index is 14.5. The summed E-state index contributed by atoms with van der Waals surface area (Å²) < 4.78 is 121. The number of benzene rings is 3. The van der Waals surface area contributed by atoms with Crippen molar-refractivity contribution in [3.8, 4) is 17.2 Å². The van der Waals surface area contributed by atoms with Crippen LogP contribution in [0.15, 0.2) is 66.7 Å². The van der Waals surface area contributed by atoms with Gasteiger partial charge in [0.15, 0.2) is 11.6 Å². The van der Waals surface area contributed by atoms with Crippen molar-refractivity contribution in [1.29, 1.82) is 0 Å². The molecule has 3 nitrogen and oxygen atoms in total. The first-order valence-corrected chi connectivity index (χ1v) is 10.7. The quantitative estimate of drug-likeness (QED) is 0.252. The molecule has 0 radical (unpaired) electrons. The van der Waals surface area contributed by atoms with E-state index in [9.17, 15) is 35.1 Å². The molecule has 0 amide bonds. The van der Waals surface area contributed by atoms with Gasteiger partial charge in [0.25, 0.3) is 0 Å². The minimum Gasteiger partial charge on any atom is -0.429 e. The Balaban J connectivity index is 1.68. The number of ether oxygens (including phenoxy) is 3. The van der Waals surface area contributed by atoms with Gasteiger partial charge in [0.05, 0.1) is 11.1 Å². The molecule has 3 rings (SSSR count). The summed E-state index contributed by atoms with van der Waals surface area (Å²) in [6.45, 7) is 2.01. The monoisotopic (exact) mass is 520 g/mol. The molecule has 0 unspecified atom stereocenters. The van der Waals surface area contributed by atoms with Crippen molar-refractivity contribution < 1.29 is 49.3 Å². The molecule has 36 heavy (non-hydrogen) atoms. The highest BCUT2D eigenvalue weighted by atomic mass is 19.4. The maximum absolute atomic E-state index is 14.5. The molecule has 0 fully saturated rings. The second-order valence-electron chi connectivity index (χ2n) is 7.70. The van der Waals surface area contributed by atoms with E-state index in [1.54, 1.807) is 12.1 Å². The number of aryl methyl sites for hydroxylation is 1. The Morgan fingerprint density at radius 1 is 0.639 bits per heavy atom. The fourth-order valence-corrected chi connectivity index (χ4v) is 3.13. The molecule has 0 spiro atoms. The first-order chi connectivity index (χ1) is 16.8. The third-order valence-electron chi connectivity index (χ3n) is 4.92. The van der Waals surface area contributed by atoms with Crippen molar-refractivity contribution in [1.82, 2.24) is 0 Å². The summed E-state index contributed by atoms with van der Waals surface area (Å²) in [6, 6.07) is 10.3. The zero-order valence-corrected chi connectivity index (χ0v) is 18.7. The van der Waals surface area contributed by atoms with Crippen molar-refractivity contribution in [2.45, 2.75) is 44.8 Å². The summed E-state index contributed by atoms with van der Waals surface area (Å²) in [7, 11) is 0. The minimum atomic E-state index is -5.17. The van der Waals surface area contributed by atoms with Crippen LogP contribution in [-0.4, -0.2) is 6.36 Å². The number of rotatable bonds is 10. The van der Waals surface area contributed by atoms with Gasteiger partial charge in [0, 0.05) is 6.07 Å². The van der Waals surface area contributed by atoms with Gasteiger partial charge >= 0.3 is 18.6 Å². The third-order valence-corrected chi connectivity index (χ3v) is 4.92. The van der Waals surface area contributed by atoms with Crippen LogP contribution in [-0.2, 0) is 18.6 Å². The van der Waals surface area contributed by atoms with Crippen molar-refractivity contribution in [2.24, 2.45) is 0 Å². The number of halogens is 8. The number of unbranched alkanes of at least 4 members (excludes halogenated alkanes) is 1. The molecule has 0 atom stereocenters. The maximum Gasteiger partial charge on any atom is 0.573 e. The molecular weight excluding hydrogens is 500 g/mol. The minimum absolute atomic E-state index is 0.292. The fourth-order valence-electron chi connectivity index (χ4n) is 3.13. The Bertz CT molecular complexity index is 1140. The molecule has 0 heterocycles. The summed E-state index contributed by atoms with van der Waals surface area (Å²) in [5.74, 6) is -4.00. The van der Waals surface area contributed by atoms with Crippen molar-refractivity contribution in [3.05, 3.63) is 89.2 Å². The van der Waals surface area contributed by atoms with E-state index < -0.39 is 52.8 Å². The number of alkyl halides is 7. The summed E-state index contributed by atoms with van der Waals surface area (Å²) in [5, 5.41) is 0. The first-order valence-electron chi connectivity index (χ1n) is 10.7. The van der Waals surface area contributed by atoms with Crippen LogP contribution in [0.1, 0.15) is 36.5 Å². The van der Waals surface area contributed by atoms with E-state index in [1.165, 1.54) is 12.1 Å². The summed E-state index contributed by atoms with van der Waals surface area (Å²) in [5.41, 5.74) is -0.319. The smallest absolute Gasteiger partial charge is 0.429 e. The zero-order chi connectivity index (χ0) is 26.6. The summed E-state index contributed by atoms with van der Waals surface area (Å²) >= 11 is 0. The molecule has 0 saturated carbocycles. The Kier molecular flexibility index (Phi) is 8.00. The van der Waals surface area contributed by atoms with Gasteiger partial charge in [-0.15, -0.1) is 13.2 Å². The van der Waals surface area contributed by atoms with E-state index in [2.05, 4.69) is 14.2 Å². The van der Waals surface area contributed by atoms with Crippen molar-refractivity contribution >= 4 is 0 Å². The largest absolute Gasteiger partial charge is 0.573 e. The molecule has 0 aliphatic carbocycles. The molecule has 194 valence electrons. The third kappa shape index (κ3) is 7.25. The van der Waals surface area contributed by atoms with Crippen molar-refractivity contribution in [2.75, 3.05) is 0 Å². The van der Waals surface area contributed by atoms with Crippen LogP contribution >= 0.6 is 0 Å². The van der Waals surface area contributed by atoms with Gasteiger partial charge in [0.1, 0.15) is 11.5 Å². The van der Waals surface area contributed by atoms with Crippen LogP contribution in [0.25, 0.3) is 0 Å². The topological polar surface area (TPSA) is 27.7 Å². The lowest BCUT2D eigenvalue weighted by Gasteiger charge is -2.21. The highest BCUT2D eigenvalue weighted by Gasteiger charge is 2.37. The van der Waals surface area contributed by atoms with Gasteiger partial charge in [-0.2, -0.15) is 17.6 Å². The zero-order valence-electron chi connectivity index (χ0n) is 18.7. The van der Waals surface area contributed by atoms with E-state index in [1.807, 2.05) is 6.92 Å². The Morgan fingerprint density at radius 2 is 1.14 bits per heavy atom. The predicted octanol–water partition coefficient (Wildman–Crippen LogP) is 8.32. The number of hydrogen-bond donors (Lipinski definition) is 0. The van der Waals surface area contributed by atoms with Gasteiger partial charge in [0.2, 0.25) is 0 Å². The molecule has 0 aliphatic heterocycles. The standard InChI is InChI=1S/C25H20F8O3/c1-2-3-4-16-5-7-17(8-6-16)23(27,28)34-19-11-9-18(10-12-19)24(29,30)35-20-13-14-22(21(26)15-20)36-25(31,32)33/h5-15H,2-4H2,1H3. The van der Waals surface area contributed by atoms with Gasteiger partial charge < -0.3 is 14.2 Å². The second-order valence-corrected chi connectivity index (χ2v) is 7.70. The lowest BCUT2D eigenvalue weighted by molar-refractivity contribution is -0.275. The lowest BCUT2D eigenvalue weighted by Crippen LogP contribution is -2.23. The first kappa shape index (κ1) is 27.1. The molecule has 0 aliphatic rings. The molecular formula is C25H20F8O3. The Morgan fingerprint density at radius 3 is 1.64 bits per heavy atom. The van der Waals surface area contributed by atoms with Crippen LogP contribution < -0.4 is 14.2 Å². The predicted molar refractivity (Wildman–Crippen MR) is 114 cm³/mol. The lowest BCUT2D eigenvalue weighted by atomic mass is 10.1. The highest BCUT2D eigenvalue weighted by Crippen LogP contribution is 2.37. The van der Waals surface area contributed by atoms with Crippen LogP contribution in [0, 0.1) is 5.82 Å². The van der Waals surface area contributed by atoms with E-state index >= 15 is 0 Å². The van der Waals surface area contributed by atoms with Crippen LogP contribution in [0.3, 0.4) is 0 Å².